The first-order chi connectivity index (χ1) is 16.9. The van der Waals surface area contributed by atoms with Crippen LogP contribution in [0.25, 0.3) is 11.1 Å². The molecule has 3 aromatic carbocycles. The number of nitrogens with zero attached hydrogens (tertiary/aromatic N) is 1. The molecule has 1 aromatic heterocycles. The number of benzene rings is 3. The van der Waals surface area contributed by atoms with Crippen LogP contribution in [-0.2, 0) is 11.2 Å². The van der Waals surface area contributed by atoms with Crippen LogP contribution in [-0.4, -0.2) is 22.7 Å². The number of fused-ring (bicyclic) bond motifs is 3. The molecule has 1 N–H and O–H groups in total. The molecule has 0 unspecified atom stereocenters. The largest absolute Gasteiger partial charge is 0.492 e. The van der Waals surface area contributed by atoms with Crippen molar-refractivity contribution in [3.05, 3.63) is 76.9 Å². The highest BCUT2D eigenvalue weighted by Crippen LogP contribution is 2.44. The summed E-state index contributed by atoms with van der Waals surface area (Å²) < 4.78 is 38.5. The summed E-state index contributed by atoms with van der Waals surface area (Å²) in [6, 6.07) is 13.8. The van der Waals surface area contributed by atoms with Crippen LogP contribution in [0.1, 0.15) is 47.4 Å². The smallest absolute Gasteiger partial charge is 0.304 e. The van der Waals surface area contributed by atoms with Gasteiger partial charge >= 0.3 is 5.97 Å². The zero-order valence-electron chi connectivity index (χ0n) is 18.9. The molecule has 0 spiro atoms. The molecule has 2 atom stereocenters. The minimum absolute atomic E-state index is 0.0141. The van der Waals surface area contributed by atoms with Gasteiger partial charge in [-0.15, -0.1) is 0 Å². The molecule has 1 aliphatic carbocycles. The number of halogens is 1. The number of oxazole rings is 1. The van der Waals surface area contributed by atoms with E-state index in [0.717, 1.165) is 16.6 Å². The number of aromatic nitrogens is 1. The van der Waals surface area contributed by atoms with Crippen molar-refractivity contribution < 1.29 is 32.9 Å². The minimum Gasteiger partial charge on any atom is -0.492 e. The molecular weight excluding hydrogens is 453 g/mol. The molecule has 0 saturated carbocycles. The van der Waals surface area contributed by atoms with Crippen LogP contribution in [0.15, 0.2) is 52.9 Å². The van der Waals surface area contributed by atoms with Crippen molar-refractivity contribution in [2.45, 2.75) is 38.2 Å². The lowest BCUT2D eigenvalue weighted by Crippen LogP contribution is -2.07. The molecule has 7 nitrogen and oxygen atoms in total. The fraction of sp³-hybridized carbons (Fsp3) is 0.259. The van der Waals surface area contributed by atoms with E-state index in [1.807, 2.05) is 18.2 Å². The van der Waals surface area contributed by atoms with Gasteiger partial charge in [0.2, 0.25) is 0 Å². The number of carbonyl (C=O) groups is 1. The molecule has 2 heterocycles. The molecular formula is C27H22FNO6. The topological polar surface area (TPSA) is 91.0 Å². The molecule has 0 radical (unpaired) electrons. The van der Waals surface area contributed by atoms with Crippen LogP contribution in [0.4, 0.5) is 4.39 Å². The summed E-state index contributed by atoms with van der Waals surface area (Å²) in [4.78, 5) is 15.4. The van der Waals surface area contributed by atoms with Crippen LogP contribution >= 0.6 is 0 Å². The van der Waals surface area contributed by atoms with Crippen LogP contribution in [0, 0.1) is 12.7 Å². The van der Waals surface area contributed by atoms with Gasteiger partial charge in [0.15, 0.2) is 11.5 Å². The highest BCUT2D eigenvalue weighted by molar-refractivity contribution is 5.74. The first-order valence-corrected chi connectivity index (χ1v) is 11.5. The molecule has 1 aliphatic heterocycles. The first-order valence-electron chi connectivity index (χ1n) is 11.5. The van der Waals surface area contributed by atoms with E-state index in [9.17, 15) is 9.18 Å². The molecule has 6 rings (SSSR count). The number of aryl methyl sites for hydroxylation is 1. The quantitative estimate of drug-likeness (QED) is 0.361. The van der Waals surface area contributed by atoms with E-state index in [1.165, 1.54) is 6.07 Å². The van der Waals surface area contributed by atoms with Crippen LogP contribution < -0.4 is 14.2 Å². The van der Waals surface area contributed by atoms with E-state index < -0.39 is 12.1 Å². The Hall–Kier alpha value is -4.07. The first kappa shape index (κ1) is 21.5. The Morgan fingerprint density at radius 3 is 2.89 bits per heavy atom. The molecule has 178 valence electrons. The number of hydrogen-bond acceptors (Lipinski definition) is 6. The number of rotatable bonds is 6. The van der Waals surface area contributed by atoms with Crippen LogP contribution in [0.2, 0.25) is 0 Å². The number of ether oxygens (including phenoxy) is 3. The summed E-state index contributed by atoms with van der Waals surface area (Å²) in [5.74, 6) is 1.52. The Bertz CT molecular complexity index is 1460. The molecule has 4 aromatic rings. The Kier molecular flexibility index (Phi) is 5.09. The standard InChI is InChI=1S/C27H22FNO6/c1-14-29-21-7-3-17(12-25(21)33-14)34-22-9-6-20(28)27-19(22)5-8-23(27)35-16-2-4-18-15(10-26(30)31)13-32-24(18)11-16/h2-4,6-7,9,11-12,15,23H,5,8,10,13H2,1H3,(H,30,31)/t15-,23-/m1/s1. The Balaban J connectivity index is 1.24. The third-order valence-corrected chi connectivity index (χ3v) is 6.50. The van der Waals surface area contributed by atoms with Gasteiger partial charge in [-0.05, 0) is 43.2 Å². The van der Waals surface area contributed by atoms with Crippen LogP contribution in [0.5, 0.6) is 23.0 Å². The highest BCUT2D eigenvalue weighted by Gasteiger charge is 2.32. The average molecular weight is 475 g/mol. The van der Waals surface area contributed by atoms with Gasteiger partial charge in [-0.2, -0.15) is 0 Å². The van der Waals surface area contributed by atoms with E-state index in [-0.39, 0.29) is 18.2 Å². The second-order valence-corrected chi connectivity index (χ2v) is 8.85. The summed E-state index contributed by atoms with van der Waals surface area (Å²) in [5, 5.41) is 9.09. The second-order valence-electron chi connectivity index (χ2n) is 8.85. The van der Waals surface area contributed by atoms with E-state index in [4.69, 9.17) is 23.7 Å². The molecule has 0 fully saturated rings. The van der Waals surface area contributed by atoms with Gasteiger partial charge in [-0.3, -0.25) is 4.79 Å². The maximum absolute atomic E-state index is 14.9. The maximum atomic E-state index is 14.9. The summed E-state index contributed by atoms with van der Waals surface area (Å²) >= 11 is 0. The third kappa shape index (κ3) is 3.95. The number of carboxylic acids is 1. The van der Waals surface area contributed by atoms with E-state index in [1.54, 1.807) is 31.2 Å². The zero-order valence-corrected chi connectivity index (χ0v) is 18.9. The van der Waals surface area contributed by atoms with Crippen LogP contribution in [0.3, 0.4) is 0 Å². The van der Waals surface area contributed by atoms with Crippen molar-refractivity contribution in [3.63, 3.8) is 0 Å². The fourth-order valence-corrected chi connectivity index (χ4v) is 4.94. The summed E-state index contributed by atoms with van der Waals surface area (Å²) in [6.07, 6.45) is 0.758. The predicted octanol–water partition coefficient (Wildman–Crippen LogP) is 6.08. The molecule has 2 aliphatic rings. The van der Waals surface area contributed by atoms with Crippen molar-refractivity contribution in [1.29, 1.82) is 0 Å². The van der Waals surface area contributed by atoms with Gasteiger partial charge in [0, 0.05) is 41.7 Å². The third-order valence-electron chi connectivity index (χ3n) is 6.50. The summed E-state index contributed by atoms with van der Waals surface area (Å²) in [6.45, 7) is 2.11. The number of aliphatic carboxylic acids is 1. The monoisotopic (exact) mass is 475 g/mol. The van der Waals surface area contributed by atoms with Crippen molar-refractivity contribution in [3.8, 4) is 23.0 Å². The van der Waals surface area contributed by atoms with Crippen molar-refractivity contribution in [2.75, 3.05) is 6.61 Å². The molecule has 0 saturated heterocycles. The summed E-state index contributed by atoms with van der Waals surface area (Å²) in [5.41, 5.74) is 3.50. The number of carboxylic acid groups (broad SMARTS) is 1. The SMILES string of the molecule is Cc1nc2ccc(Oc3ccc(F)c4c3CC[C@H]4Oc3ccc4c(c3)OC[C@H]4CC(=O)O)cc2o1. The zero-order chi connectivity index (χ0) is 24.1. The van der Waals surface area contributed by atoms with Gasteiger partial charge in [0.1, 0.15) is 40.4 Å². The molecule has 0 bridgehead atoms. The van der Waals surface area contributed by atoms with Crippen molar-refractivity contribution >= 4 is 17.1 Å². The second kappa shape index (κ2) is 8.30. The van der Waals surface area contributed by atoms with E-state index >= 15 is 0 Å². The van der Waals surface area contributed by atoms with Gasteiger partial charge in [0.25, 0.3) is 0 Å². The van der Waals surface area contributed by atoms with Crippen molar-refractivity contribution in [1.82, 2.24) is 4.98 Å². The highest BCUT2D eigenvalue weighted by atomic mass is 19.1. The average Bonchev–Trinajstić information content (AvgIpc) is 3.52. The van der Waals surface area contributed by atoms with Gasteiger partial charge in [-0.1, -0.05) is 6.07 Å². The Morgan fingerprint density at radius 1 is 1.17 bits per heavy atom. The lowest BCUT2D eigenvalue weighted by atomic mass is 9.98. The summed E-state index contributed by atoms with van der Waals surface area (Å²) in [7, 11) is 0. The fourth-order valence-electron chi connectivity index (χ4n) is 4.94. The molecule has 35 heavy (non-hydrogen) atoms. The minimum atomic E-state index is -0.862. The lowest BCUT2D eigenvalue weighted by molar-refractivity contribution is -0.137. The van der Waals surface area contributed by atoms with E-state index in [0.29, 0.717) is 59.5 Å². The van der Waals surface area contributed by atoms with E-state index in [2.05, 4.69) is 4.98 Å². The van der Waals surface area contributed by atoms with Gasteiger partial charge in [-0.25, -0.2) is 9.37 Å². The number of hydrogen-bond donors (Lipinski definition) is 1. The predicted molar refractivity (Wildman–Crippen MR) is 124 cm³/mol. The van der Waals surface area contributed by atoms with Gasteiger partial charge in [0.05, 0.1) is 13.0 Å². The lowest BCUT2D eigenvalue weighted by Gasteiger charge is -2.17. The molecule has 8 heteroatoms. The van der Waals surface area contributed by atoms with Gasteiger partial charge < -0.3 is 23.7 Å². The Labute approximate surface area is 200 Å². The normalized spacial score (nSPS) is 18.2. The van der Waals surface area contributed by atoms with Crippen molar-refractivity contribution in [2.24, 2.45) is 0 Å². The maximum Gasteiger partial charge on any atom is 0.304 e. The Morgan fingerprint density at radius 2 is 2.03 bits per heavy atom. The molecule has 0 amide bonds.